The van der Waals surface area contributed by atoms with Gasteiger partial charge in [0.1, 0.15) is 17.9 Å². The molecule has 0 aliphatic carbocycles. The van der Waals surface area contributed by atoms with Crippen molar-refractivity contribution >= 4 is 17.9 Å². The Morgan fingerprint density at radius 1 is 0.432 bits per heavy atom. The molecule has 0 aliphatic rings. The largest absolute Gasteiger partial charge is 3.00 e. The first-order valence-electron chi connectivity index (χ1n) is 9.13. The summed E-state index contributed by atoms with van der Waals surface area (Å²) in [5.41, 5.74) is 30.4. The van der Waals surface area contributed by atoms with Crippen LogP contribution in [0, 0.1) is 0 Å². The van der Waals surface area contributed by atoms with Crippen LogP contribution in [0.25, 0.3) is 0 Å². The summed E-state index contributed by atoms with van der Waals surface area (Å²) >= 11 is 0. The Bertz CT molecular complexity index is 451. The van der Waals surface area contributed by atoms with Gasteiger partial charge in [-0.15, -0.1) is 0 Å². The molecule has 0 bridgehead atoms. The Morgan fingerprint density at radius 3 is 0.514 bits per heavy atom. The van der Waals surface area contributed by atoms with E-state index in [1.54, 1.807) is 0 Å². The summed E-state index contributed by atoms with van der Waals surface area (Å²) in [6.07, 6.45) is -12.8. The third-order valence-corrected chi connectivity index (χ3v) is 1.92. The standard InChI is InChI=1S/3C3H10N2.3C2HF3O2.Co/c3*4-2-1-3-5;3*3-2(4,5)1(6)7;/h3*1-5H2;3*(H,6,7);/q;;;;;;+3/p-3. The molecule has 0 atom stereocenters. The second-order valence-corrected chi connectivity index (χ2v) is 5.15. The van der Waals surface area contributed by atoms with Gasteiger partial charge < -0.3 is 64.1 Å². The molecular formula is C15H30CoF9N6O6. The number of carbonyl (C=O) groups is 3. The van der Waals surface area contributed by atoms with E-state index in [1.807, 2.05) is 0 Å². The van der Waals surface area contributed by atoms with Crippen molar-refractivity contribution in [3.05, 3.63) is 0 Å². The van der Waals surface area contributed by atoms with Crippen LogP contribution >= 0.6 is 0 Å². The fraction of sp³-hybridized carbons (Fsp3) is 0.800. The van der Waals surface area contributed by atoms with Crippen molar-refractivity contribution in [1.82, 2.24) is 0 Å². The molecule has 22 heteroatoms. The minimum absolute atomic E-state index is 0. The Labute approximate surface area is 216 Å². The molecular weight excluding hydrogens is 590 g/mol. The van der Waals surface area contributed by atoms with Crippen molar-refractivity contribution in [3.63, 3.8) is 0 Å². The Balaban J connectivity index is -0.0000000585. The van der Waals surface area contributed by atoms with Gasteiger partial charge in [-0.3, -0.25) is 0 Å². The van der Waals surface area contributed by atoms with E-state index in [9.17, 15) is 39.5 Å². The van der Waals surface area contributed by atoms with Crippen LogP contribution in [0.3, 0.4) is 0 Å². The Morgan fingerprint density at radius 2 is 0.514 bits per heavy atom. The maximum Gasteiger partial charge on any atom is 3.00 e. The van der Waals surface area contributed by atoms with Gasteiger partial charge in [-0.25, -0.2) is 0 Å². The van der Waals surface area contributed by atoms with E-state index < -0.39 is 36.4 Å². The van der Waals surface area contributed by atoms with Crippen molar-refractivity contribution in [2.24, 2.45) is 34.4 Å². The van der Waals surface area contributed by atoms with Gasteiger partial charge in [0.2, 0.25) is 0 Å². The van der Waals surface area contributed by atoms with Crippen LogP contribution in [0.5, 0.6) is 0 Å². The van der Waals surface area contributed by atoms with Gasteiger partial charge in [0.25, 0.3) is 0 Å². The predicted octanol–water partition coefficient (Wildman–Crippen LogP) is -4.23. The van der Waals surface area contributed by atoms with Crippen LogP contribution in [0.2, 0.25) is 0 Å². The van der Waals surface area contributed by atoms with Crippen LogP contribution < -0.4 is 49.7 Å². The number of carboxylic acid groups (broad SMARTS) is 3. The van der Waals surface area contributed by atoms with E-state index in [-0.39, 0.29) is 16.8 Å². The van der Waals surface area contributed by atoms with Gasteiger partial charge in [-0.2, -0.15) is 39.5 Å². The van der Waals surface area contributed by atoms with Crippen LogP contribution in [0.15, 0.2) is 0 Å². The topological polar surface area (TPSA) is 277 Å². The van der Waals surface area contributed by atoms with Crippen molar-refractivity contribution in [2.75, 3.05) is 39.3 Å². The molecule has 0 unspecified atom stereocenters. The average molecular weight is 620 g/mol. The first-order chi connectivity index (χ1) is 16.1. The third kappa shape index (κ3) is 71.9. The normalized spacial score (nSPS) is 9.81. The van der Waals surface area contributed by atoms with Crippen LogP contribution in [0.1, 0.15) is 19.3 Å². The summed E-state index contributed by atoms with van der Waals surface area (Å²) < 4.78 is 94.6. The summed E-state index contributed by atoms with van der Waals surface area (Å²) in [7, 11) is 0. The SMILES string of the molecule is NCCCN.NCCCN.NCCCN.O=C([O-])C(F)(F)F.O=C([O-])C(F)(F)F.O=C([O-])C(F)(F)F.[Co+3]. The van der Waals surface area contributed by atoms with Crippen molar-refractivity contribution in [2.45, 2.75) is 37.8 Å². The fourth-order valence-corrected chi connectivity index (χ4v) is 0.354. The molecule has 12 N–H and O–H groups in total. The van der Waals surface area contributed by atoms with E-state index in [4.69, 9.17) is 64.1 Å². The van der Waals surface area contributed by atoms with Crippen molar-refractivity contribution in [1.29, 1.82) is 0 Å². The zero-order chi connectivity index (χ0) is 30.6. The first kappa shape index (κ1) is 51.6. The molecule has 0 aromatic rings. The number of carboxylic acids is 3. The van der Waals surface area contributed by atoms with Crippen molar-refractivity contribution in [3.8, 4) is 0 Å². The first-order valence-corrected chi connectivity index (χ1v) is 9.13. The summed E-state index contributed by atoms with van der Waals surface area (Å²) in [5, 5.41) is 26.4. The minimum atomic E-state index is -5.19. The molecule has 0 aliphatic heterocycles. The van der Waals surface area contributed by atoms with E-state index >= 15 is 0 Å². The van der Waals surface area contributed by atoms with Gasteiger partial charge >= 0.3 is 35.3 Å². The molecule has 0 heterocycles. The van der Waals surface area contributed by atoms with E-state index in [0.717, 1.165) is 58.5 Å². The molecule has 0 saturated carbocycles. The van der Waals surface area contributed by atoms with Gasteiger partial charge in [0, 0.05) is 0 Å². The van der Waals surface area contributed by atoms with E-state index in [2.05, 4.69) is 0 Å². The second-order valence-electron chi connectivity index (χ2n) is 5.15. The molecule has 228 valence electrons. The number of aliphatic carboxylic acids is 3. The number of rotatable bonds is 6. The number of hydrogen-bond donors (Lipinski definition) is 6. The summed E-state index contributed by atoms with van der Waals surface area (Å²) in [5.74, 6) is -9.02. The molecule has 37 heavy (non-hydrogen) atoms. The quantitative estimate of drug-likeness (QED) is 0.154. The molecule has 0 fully saturated rings. The van der Waals surface area contributed by atoms with Gasteiger partial charge in [0.05, 0.1) is 0 Å². The van der Waals surface area contributed by atoms with Crippen LogP contribution in [-0.4, -0.2) is 75.7 Å². The average Bonchev–Trinajstić information content (AvgIpc) is 2.70. The van der Waals surface area contributed by atoms with Gasteiger partial charge in [-0.05, 0) is 58.5 Å². The zero-order valence-corrected chi connectivity index (χ0v) is 20.1. The molecule has 0 rings (SSSR count). The van der Waals surface area contributed by atoms with Crippen LogP contribution in [-0.2, 0) is 31.2 Å². The number of nitrogens with two attached hydrogens (primary N) is 6. The van der Waals surface area contributed by atoms with Crippen molar-refractivity contribution < 1.29 is 86.0 Å². The smallest absolute Gasteiger partial charge is 0.542 e. The molecule has 0 aromatic heterocycles. The zero-order valence-electron chi connectivity index (χ0n) is 19.0. The second kappa shape index (κ2) is 32.1. The summed E-state index contributed by atoms with van der Waals surface area (Å²) in [6.45, 7) is 4.31. The Hall–Kier alpha value is -1.95. The Kier molecular flexibility index (Phi) is 44.8. The number of hydrogen-bond acceptors (Lipinski definition) is 12. The number of halogens is 9. The fourth-order valence-electron chi connectivity index (χ4n) is 0.354. The molecule has 12 nitrogen and oxygen atoms in total. The monoisotopic (exact) mass is 620 g/mol. The number of carbonyl (C=O) groups excluding carboxylic acids is 3. The van der Waals surface area contributed by atoms with E-state index in [0.29, 0.717) is 0 Å². The molecule has 0 spiro atoms. The van der Waals surface area contributed by atoms with Gasteiger partial charge in [0.15, 0.2) is 0 Å². The maximum atomic E-state index is 10.5. The summed E-state index contributed by atoms with van der Waals surface area (Å²) in [4.78, 5) is 26.4. The number of alkyl halides is 9. The molecule has 0 amide bonds. The van der Waals surface area contributed by atoms with Crippen LogP contribution in [0.4, 0.5) is 39.5 Å². The predicted molar refractivity (Wildman–Crippen MR) is 101 cm³/mol. The van der Waals surface area contributed by atoms with E-state index in [1.165, 1.54) is 0 Å². The molecule has 0 saturated heterocycles. The molecule has 0 aromatic carbocycles. The van der Waals surface area contributed by atoms with Gasteiger partial charge in [-0.1, -0.05) is 0 Å². The minimum Gasteiger partial charge on any atom is -0.542 e. The third-order valence-electron chi connectivity index (χ3n) is 1.92. The summed E-state index contributed by atoms with van der Waals surface area (Å²) in [6, 6.07) is 0. The maximum absolute atomic E-state index is 10.5. The molecule has 0 radical (unpaired) electrons.